The monoisotopic (exact) mass is 497 g/mol. The highest BCUT2D eigenvalue weighted by Gasteiger charge is 2.30. The Morgan fingerprint density at radius 3 is 2.90 bits per heavy atom. The standard InChI is InChI=1S/C20H19BrF3N5O2/c21-14-8-25-18-16(17(14)29-6-2-5-13(10-29)28-19(30)31)15(9-26-18)27-12-4-1-3-11(7-12)20(22,23)24/h1,3-4,7-9,13,27-28H,2,5-6,10H2,(H,25,26)(H,30,31). The summed E-state index contributed by atoms with van der Waals surface area (Å²) in [5.74, 6) is 0. The van der Waals surface area contributed by atoms with E-state index < -0.39 is 17.8 Å². The van der Waals surface area contributed by atoms with Gasteiger partial charge in [0.05, 0.1) is 26.8 Å². The summed E-state index contributed by atoms with van der Waals surface area (Å²) in [7, 11) is 0. The van der Waals surface area contributed by atoms with Crippen LogP contribution in [0.25, 0.3) is 11.0 Å². The number of H-pyrrole nitrogens is 1. The normalized spacial score (nSPS) is 17.0. The van der Waals surface area contributed by atoms with Crippen molar-refractivity contribution in [2.75, 3.05) is 23.3 Å². The van der Waals surface area contributed by atoms with Crippen molar-refractivity contribution in [1.82, 2.24) is 15.3 Å². The van der Waals surface area contributed by atoms with Crippen LogP contribution in [-0.2, 0) is 6.18 Å². The summed E-state index contributed by atoms with van der Waals surface area (Å²) < 4.78 is 40.0. The summed E-state index contributed by atoms with van der Waals surface area (Å²) in [6.07, 6.45) is -0.673. The number of piperidine rings is 1. The van der Waals surface area contributed by atoms with Crippen LogP contribution in [0.1, 0.15) is 18.4 Å². The molecule has 1 unspecified atom stereocenters. The molecule has 0 spiro atoms. The molecule has 1 saturated heterocycles. The number of fused-ring (bicyclic) bond motifs is 1. The molecule has 3 heterocycles. The van der Waals surface area contributed by atoms with Gasteiger partial charge in [-0.2, -0.15) is 13.2 Å². The summed E-state index contributed by atoms with van der Waals surface area (Å²) in [6.45, 7) is 1.18. The average molecular weight is 498 g/mol. The number of anilines is 3. The molecule has 1 aliphatic rings. The lowest BCUT2D eigenvalue weighted by Gasteiger charge is -2.35. The summed E-state index contributed by atoms with van der Waals surface area (Å²) in [5, 5.41) is 15.4. The van der Waals surface area contributed by atoms with Crippen molar-refractivity contribution in [2.24, 2.45) is 0 Å². The molecule has 31 heavy (non-hydrogen) atoms. The summed E-state index contributed by atoms with van der Waals surface area (Å²) >= 11 is 3.53. The fourth-order valence-electron chi connectivity index (χ4n) is 3.86. The van der Waals surface area contributed by atoms with Crippen LogP contribution in [-0.4, -0.2) is 40.3 Å². The SMILES string of the molecule is O=C(O)NC1CCCN(c2c(Br)cnc3[nH]cc(Nc4cccc(C(F)(F)F)c4)c23)C1. The first-order chi connectivity index (χ1) is 14.7. The van der Waals surface area contributed by atoms with E-state index in [4.69, 9.17) is 5.11 Å². The minimum atomic E-state index is -4.44. The van der Waals surface area contributed by atoms with E-state index in [0.717, 1.165) is 30.7 Å². The third kappa shape index (κ3) is 4.55. The van der Waals surface area contributed by atoms with Crippen LogP contribution in [0, 0.1) is 0 Å². The molecule has 0 saturated carbocycles. The van der Waals surface area contributed by atoms with Crippen LogP contribution in [0.2, 0.25) is 0 Å². The lowest BCUT2D eigenvalue weighted by atomic mass is 10.0. The second-order valence-corrected chi connectivity index (χ2v) is 8.17. The van der Waals surface area contributed by atoms with Gasteiger partial charge in [-0.1, -0.05) is 6.07 Å². The molecule has 2 aromatic heterocycles. The summed E-state index contributed by atoms with van der Waals surface area (Å²) in [6, 6.07) is 4.76. The zero-order valence-corrected chi connectivity index (χ0v) is 17.7. The zero-order chi connectivity index (χ0) is 22.2. The van der Waals surface area contributed by atoms with Gasteiger partial charge in [-0.3, -0.25) is 0 Å². The van der Waals surface area contributed by atoms with E-state index in [1.165, 1.54) is 6.07 Å². The Balaban J connectivity index is 1.71. The highest BCUT2D eigenvalue weighted by molar-refractivity contribution is 9.10. The first kappa shape index (κ1) is 21.3. The maximum absolute atomic E-state index is 13.1. The minimum Gasteiger partial charge on any atom is -0.465 e. The number of aromatic nitrogens is 2. The number of hydrogen-bond donors (Lipinski definition) is 4. The van der Waals surface area contributed by atoms with Gasteiger partial charge in [0.1, 0.15) is 5.65 Å². The van der Waals surface area contributed by atoms with Crippen LogP contribution in [0.4, 0.5) is 35.0 Å². The number of amides is 1. The Hall–Kier alpha value is -2.95. The average Bonchev–Trinajstić information content (AvgIpc) is 3.10. The molecule has 0 aliphatic carbocycles. The third-order valence-electron chi connectivity index (χ3n) is 5.16. The number of hydrogen-bond acceptors (Lipinski definition) is 4. The number of aromatic amines is 1. The predicted octanol–water partition coefficient (Wildman–Crippen LogP) is 5.32. The largest absolute Gasteiger partial charge is 0.465 e. The number of carbonyl (C=O) groups is 1. The van der Waals surface area contributed by atoms with Crippen molar-refractivity contribution < 1.29 is 23.1 Å². The maximum Gasteiger partial charge on any atom is 0.416 e. The lowest BCUT2D eigenvalue weighted by molar-refractivity contribution is -0.137. The molecule has 3 aromatic rings. The second-order valence-electron chi connectivity index (χ2n) is 7.32. The molecule has 1 aliphatic heterocycles. The fourth-order valence-corrected chi connectivity index (χ4v) is 4.42. The number of rotatable bonds is 4. The molecular weight excluding hydrogens is 479 g/mol. The molecule has 4 rings (SSSR count). The van der Waals surface area contributed by atoms with E-state index in [1.807, 2.05) is 0 Å². The molecule has 0 radical (unpaired) electrons. The van der Waals surface area contributed by atoms with Crippen molar-refractivity contribution in [1.29, 1.82) is 0 Å². The third-order valence-corrected chi connectivity index (χ3v) is 5.74. The van der Waals surface area contributed by atoms with Crippen molar-refractivity contribution in [3.63, 3.8) is 0 Å². The molecule has 1 aromatic carbocycles. The van der Waals surface area contributed by atoms with Gasteiger partial charge >= 0.3 is 12.3 Å². The molecule has 164 valence electrons. The van der Waals surface area contributed by atoms with E-state index in [2.05, 4.69) is 41.4 Å². The van der Waals surface area contributed by atoms with Gasteiger partial charge in [-0.15, -0.1) is 0 Å². The van der Waals surface area contributed by atoms with Crippen molar-refractivity contribution in [3.05, 3.63) is 46.7 Å². The Labute approximate surface area is 183 Å². The highest BCUT2D eigenvalue weighted by Crippen LogP contribution is 2.40. The topological polar surface area (TPSA) is 93.3 Å². The summed E-state index contributed by atoms with van der Waals surface area (Å²) in [5.41, 5.74) is 1.51. The van der Waals surface area contributed by atoms with Crippen molar-refractivity contribution in [3.8, 4) is 0 Å². The van der Waals surface area contributed by atoms with Crippen LogP contribution < -0.4 is 15.5 Å². The molecule has 4 N–H and O–H groups in total. The number of benzene rings is 1. The van der Waals surface area contributed by atoms with Crippen LogP contribution >= 0.6 is 15.9 Å². The molecular formula is C20H19BrF3N5O2. The Kier molecular flexibility index (Phi) is 5.69. The smallest absolute Gasteiger partial charge is 0.416 e. The Morgan fingerprint density at radius 2 is 2.16 bits per heavy atom. The van der Waals surface area contributed by atoms with Gasteiger partial charge in [0.2, 0.25) is 0 Å². The number of pyridine rings is 1. The number of nitrogens with zero attached hydrogens (tertiary/aromatic N) is 2. The van der Waals surface area contributed by atoms with E-state index in [-0.39, 0.29) is 6.04 Å². The maximum atomic E-state index is 13.1. The summed E-state index contributed by atoms with van der Waals surface area (Å²) in [4.78, 5) is 20.5. The van der Waals surface area contributed by atoms with E-state index in [9.17, 15) is 18.0 Å². The van der Waals surface area contributed by atoms with Gasteiger partial charge in [0.25, 0.3) is 0 Å². The van der Waals surface area contributed by atoms with Crippen LogP contribution in [0.3, 0.4) is 0 Å². The van der Waals surface area contributed by atoms with Crippen LogP contribution in [0.5, 0.6) is 0 Å². The van der Waals surface area contributed by atoms with Crippen LogP contribution in [0.15, 0.2) is 41.1 Å². The van der Waals surface area contributed by atoms with E-state index >= 15 is 0 Å². The van der Waals surface area contributed by atoms with Crippen molar-refractivity contribution >= 4 is 50.1 Å². The van der Waals surface area contributed by atoms with Gasteiger partial charge in [-0.25, -0.2) is 9.78 Å². The lowest BCUT2D eigenvalue weighted by Crippen LogP contribution is -2.47. The van der Waals surface area contributed by atoms with Gasteiger partial charge in [0, 0.05) is 37.2 Å². The first-order valence-corrected chi connectivity index (χ1v) is 10.4. The Morgan fingerprint density at radius 1 is 1.35 bits per heavy atom. The molecule has 1 atom stereocenters. The molecule has 1 fully saturated rings. The molecule has 7 nitrogen and oxygen atoms in total. The number of carboxylic acid groups (broad SMARTS) is 1. The molecule has 0 bridgehead atoms. The zero-order valence-electron chi connectivity index (χ0n) is 16.1. The second kappa shape index (κ2) is 8.29. The van der Waals surface area contributed by atoms with Gasteiger partial charge in [-0.05, 0) is 47.0 Å². The Bertz CT molecular complexity index is 1120. The minimum absolute atomic E-state index is 0.222. The predicted molar refractivity (Wildman–Crippen MR) is 115 cm³/mol. The van der Waals surface area contributed by atoms with Crippen molar-refractivity contribution in [2.45, 2.75) is 25.1 Å². The quantitative estimate of drug-likeness (QED) is 0.391. The van der Waals surface area contributed by atoms with Gasteiger partial charge in [0.15, 0.2) is 0 Å². The van der Waals surface area contributed by atoms with Gasteiger partial charge < -0.3 is 25.6 Å². The fraction of sp³-hybridized carbons (Fsp3) is 0.300. The number of nitrogens with one attached hydrogen (secondary N) is 3. The molecule has 1 amide bonds. The number of halogens is 4. The highest BCUT2D eigenvalue weighted by atomic mass is 79.9. The number of alkyl halides is 3. The first-order valence-electron chi connectivity index (χ1n) is 9.56. The van der Waals surface area contributed by atoms with E-state index in [1.54, 1.807) is 18.5 Å². The molecule has 11 heteroatoms. The van der Waals surface area contributed by atoms with E-state index in [0.29, 0.717) is 40.0 Å².